The molecule has 6 nitrogen and oxygen atoms in total. The van der Waals surface area contributed by atoms with Crippen LogP contribution in [0.3, 0.4) is 0 Å². The number of pyridine rings is 1. The lowest BCUT2D eigenvalue weighted by Gasteiger charge is -2.24. The SMILES string of the molecule is Cc1ccc(N(CC(=O)Nc2cc(Cl)ccc2C)S(=O)(=O)c2cccnc2)cc1. The summed E-state index contributed by atoms with van der Waals surface area (Å²) in [7, 11) is -3.99. The van der Waals surface area contributed by atoms with Crippen molar-refractivity contribution in [3.05, 3.63) is 83.1 Å². The van der Waals surface area contributed by atoms with Crippen LogP contribution in [0.25, 0.3) is 0 Å². The second-order valence-electron chi connectivity index (χ2n) is 6.54. The fourth-order valence-electron chi connectivity index (χ4n) is 2.70. The summed E-state index contributed by atoms with van der Waals surface area (Å²) in [6, 6.07) is 15.0. The number of nitrogens with one attached hydrogen (secondary N) is 1. The summed E-state index contributed by atoms with van der Waals surface area (Å²) >= 11 is 6.00. The van der Waals surface area contributed by atoms with Crippen LogP contribution in [0.15, 0.2) is 71.9 Å². The number of aromatic nitrogens is 1. The average Bonchev–Trinajstić information content (AvgIpc) is 2.70. The monoisotopic (exact) mass is 429 g/mol. The van der Waals surface area contributed by atoms with E-state index in [0.717, 1.165) is 15.4 Å². The van der Waals surface area contributed by atoms with E-state index >= 15 is 0 Å². The van der Waals surface area contributed by atoms with E-state index in [1.54, 1.807) is 42.5 Å². The number of hydrogen-bond acceptors (Lipinski definition) is 4. The number of rotatable bonds is 6. The lowest BCUT2D eigenvalue weighted by atomic mass is 10.2. The van der Waals surface area contributed by atoms with Crippen LogP contribution < -0.4 is 9.62 Å². The Morgan fingerprint density at radius 1 is 1.10 bits per heavy atom. The van der Waals surface area contributed by atoms with E-state index in [-0.39, 0.29) is 4.90 Å². The first-order valence-corrected chi connectivity index (χ1v) is 10.6. The van der Waals surface area contributed by atoms with E-state index < -0.39 is 22.5 Å². The molecule has 0 atom stereocenters. The van der Waals surface area contributed by atoms with Crippen molar-refractivity contribution >= 4 is 38.9 Å². The summed E-state index contributed by atoms with van der Waals surface area (Å²) in [6.07, 6.45) is 2.75. The maximum atomic E-state index is 13.2. The average molecular weight is 430 g/mol. The Labute approximate surface area is 175 Å². The molecular weight excluding hydrogens is 410 g/mol. The van der Waals surface area contributed by atoms with Crippen molar-refractivity contribution in [2.45, 2.75) is 18.7 Å². The Bertz CT molecular complexity index is 1120. The van der Waals surface area contributed by atoms with Gasteiger partial charge in [-0.3, -0.25) is 14.1 Å². The Kier molecular flexibility index (Phi) is 6.20. The minimum atomic E-state index is -3.99. The van der Waals surface area contributed by atoms with Gasteiger partial charge in [-0.25, -0.2) is 8.42 Å². The van der Waals surface area contributed by atoms with Crippen LogP contribution in [-0.4, -0.2) is 25.9 Å². The van der Waals surface area contributed by atoms with Crippen molar-refractivity contribution in [1.29, 1.82) is 0 Å². The zero-order valence-electron chi connectivity index (χ0n) is 16.0. The first-order chi connectivity index (χ1) is 13.8. The zero-order valence-corrected chi connectivity index (χ0v) is 17.5. The standard InChI is InChI=1S/C21H20ClN3O3S/c1-15-5-9-18(10-6-15)25(29(27,28)19-4-3-11-23-13-19)14-21(26)24-20-12-17(22)8-7-16(20)2/h3-13H,14H2,1-2H3,(H,24,26). The molecule has 0 saturated heterocycles. The van der Waals surface area contributed by atoms with Gasteiger partial charge in [0.2, 0.25) is 5.91 Å². The molecule has 0 saturated carbocycles. The maximum absolute atomic E-state index is 13.2. The van der Waals surface area contributed by atoms with Crippen molar-refractivity contribution < 1.29 is 13.2 Å². The van der Waals surface area contributed by atoms with Crippen molar-refractivity contribution in [3.63, 3.8) is 0 Å². The third kappa shape index (κ3) is 4.93. The zero-order chi connectivity index (χ0) is 21.0. The maximum Gasteiger partial charge on any atom is 0.266 e. The van der Waals surface area contributed by atoms with E-state index in [2.05, 4.69) is 10.3 Å². The normalized spacial score (nSPS) is 11.1. The molecule has 0 unspecified atom stereocenters. The van der Waals surface area contributed by atoms with Crippen molar-refractivity contribution in [2.24, 2.45) is 0 Å². The number of hydrogen-bond donors (Lipinski definition) is 1. The molecule has 150 valence electrons. The Balaban J connectivity index is 1.94. The van der Waals surface area contributed by atoms with Gasteiger partial charge in [0.15, 0.2) is 0 Å². The van der Waals surface area contributed by atoms with Crippen molar-refractivity contribution in [2.75, 3.05) is 16.2 Å². The van der Waals surface area contributed by atoms with E-state index in [1.165, 1.54) is 24.5 Å². The molecular formula is C21H20ClN3O3S. The van der Waals surface area contributed by atoms with Crippen LogP contribution >= 0.6 is 11.6 Å². The molecule has 0 aliphatic heterocycles. The number of carbonyl (C=O) groups is 1. The Morgan fingerprint density at radius 3 is 2.48 bits per heavy atom. The third-order valence-corrected chi connectivity index (χ3v) is 6.30. The third-order valence-electron chi connectivity index (χ3n) is 4.31. The molecule has 29 heavy (non-hydrogen) atoms. The number of amides is 1. The van der Waals surface area contributed by atoms with Gasteiger partial charge in [-0.05, 0) is 55.8 Å². The summed E-state index contributed by atoms with van der Waals surface area (Å²) in [5.74, 6) is -0.483. The molecule has 0 aliphatic rings. The van der Waals surface area contributed by atoms with Gasteiger partial charge in [-0.15, -0.1) is 0 Å². The molecule has 0 fully saturated rings. The predicted octanol–water partition coefficient (Wildman–Crippen LogP) is 4.19. The molecule has 0 radical (unpaired) electrons. The molecule has 1 N–H and O–H groups in total. The molecule has 3 rings (SSSR count). The second-order valence-corrected chi connectivity index (χ2v) is 8.84. The number of carbonyl (C=O) groups excluding carboxylic acids is 1. The van der Waals surface area contributed by atoms with Gasteiger partial charge >= 0.3 is 0 Å². The fourth-order valence-corrected chi connectivity index (χ4v) is 4.26. The second kappa shape index (κ2) is 8.63. The number of anilines is 2. The van der Waals surface area contributed by atoms with Gasteiger partial charge in [-0.1, -0.05) is 35.4 Å². The van der Waals surface area contributed by atoms with Gasteiger partial charge < -0.3 is 5.32 Å². The summed E-state index contributed by atoms with van der Waals surface area (Å²) in [6.45, 7) is 3.33. The lowest BCUT2D eigenvalue weighted by Crippen LogP contribution is -2.38. The Morgan fingerprint density at radius 2 is 1.83 bits per heavy atom. The minimum absolute atomic E-state index is 0.00677. The van der Waals surface area contributed by atoms with Crippen LogP contribution in [0, 0.1) is 13.8 Å². The highest BCUT2D eigenvalue weighted by Gasteiger charge is 2.27. The molecule has 0 bridgehead atoms. The molecule has 0 aliphatic carbocycles. The largest absolute Gasteiger partial charge is 0.324 e. The first kappa shape index (κ1) is 20.8. The van der Waals surface area contributed by atoms with E-state index in [1.807, 2.05) is 13.8 Å². The molecule has 1 heterocycles. The van der Waals surface area contributed by atoms with Crippen LogP contribution in [0.5, 0.6) is 0 Å². The van der Waals surface area contributed by atoms with Gasteiger partial charge in [0.1, 0.15) is 11.4 Å². The van der Waals surface area contributed by atoms with Crippen molar-refractivity contribution in [1.82, 2.24) is 4.98 Å². The van der Waals surface area contributed by atoms with Crippen LogP contribution in [0.1, 0.15) is 11.1 Å². The van der Waals surface area contributed by atoms with Gasteiger partial charge in [0.25, 0.3) is 10.0 Å². The fraction of sp³-hybridized carbons (Fsp3) is 0.143. The molecule has 2 aromatic carbocycles. The number of aryl methyl sites for hydroxylation is 2. The Hall–Kier alpha value is -2.90. The number of halogens is 1. The summed E-state index contributed by atoms with van der Waals surface area (Å²) in [5.41, 5.74) is 2.72. The molecule has 1 amide bonds. The molecule has 1 aromatic heterocycles. The van der Waals surface area contributed by atoms with Crippen LogP contribution in [0.2, 0.25) is 5.02 Å². The number of sulfonamides is 1. The van der Waals surface area contributed by atoms with Crippen LogP contribution in [-0.2, 0) is 14.8 Å². The molecule has 0 spiro atoms. The summed E-state index contributed by atoms with van der Waals surface area (Å²) in [5, 5.41) is 3.22. The quantitative estimate of drug-likeness (QED) is 0.637. The lowest BCUT2D eigenvalue weighted by molar-refractivity contribution is -0.114. The van der Waals surface area contributed by atoms with E-state index in [4.69, 9.17) is 11.6 Å². The summed E-state index contributed by atoms with van der Waals surface area (Å²) in [4.78, 5) is 16.6. The highest BCUT2D eigenvalue weighted by Crippen LogP contribution is 2.25. The van der Waals surface area contributed by atoms with Gasteiger partial charge in [-0.2, -0.15) is 0 Å². The highest BCUT2D eigenvalue weighted by atomic mass is 35.5. The predicted molar refractivity (Wildman–Crippen MR) is 115 cm³/mol. The highest BCUT2D eigenvalue weighted by molar-refractivity contribution is 7.92. The van der Waals surface area contributed by atoms with E-state index in [9.17, 15) is 13.2 Å². The van der Waals surface area contributed by atoms with Gasteiger partial charge in [0, 0.05) is 23.1 Å². The first-order valence-electron chi connectivity index (χ1n) is 8.83. The molecule has 8 heteroatoms. The number of nitrogens with zero attached hydrogens (tertiary/aromatic N) is 2. The smallest absolute Gasteiger partial charge is 0.266 e. The topological polar surface area (TPSA) is 79.4 Å². The number of benzene rings is 2. The van der Waals surface area contributed by atoms with Crippen molar-refractivity contribution in [3.8, 4) is 0 Å². The van der Waals surface area contributed by atoms with Crippen LogP contribution in [0.4, 0.5) is 11.4 Å². The summed E-state index contributed by atoms with van der Waals surface area (Å²) < 4.78 is 27.5. The molecule has 3 aromatic rings. The van der Waals surface area contributed by atoms with E-state index in [0.29, 0.717) is 16.4 Å². The minimum Gasteiger partial charge on any atom is -0.324 e. The van der Waals surface area contributed by atoms with Gasteiger partial charge in [0.05, 0.1) is 5.69 Å².